The fourth-order valence-electron chi connectivity index (χ4n) is 7.54. The molecular formula is C20H30O2. The molecule has 1 N–H and O–H groups in total. The minimum atomic E-state index is -0.581. The van der Waals surface area contributed by atoms with Crippen molar-refractivity contribution in [3.8, 4) is 0 Å². The Morgan fingerprint density at radius 2 is 1.86 bits per heavy atom. The molecule has 1 spiro atoms. The van der Waals surface area contributed by atoms with Gasteiger partial charge in [0.15, 0.2) is 0 Å². The summed E-state index contributed by atoms with van der Waals surface area (Å²) in [5.74, 6) is 1.19. The second kappa shape index (κ2) is 4.26. The van der Waals surface area contributed by atoms with Crippen molar-refractivity contribution >= 4 is 6.29 Å². The van der Waals surface area contributed by atoms with Crippen LogP contribution >= 0.6 is 0 Å². The molecule has 2 bridgehead atoms. The van der Waals surface area contributed by atoms with Gasteiger partial charge >= 0.3 is 0 Å². The molecule has 0 aromatic rings. The number of carbonyl (C=O) groups is 1. The van der Waals surface area contributed by atoms with Gasteiger partial charge in [-0.1, -0.05) is 26.8 Å². The van der Waals surface area contributed by atoms with Crippen molar-refractivity contribution in [2.45, 2.75) is 77.2 Å². The highest BCUT2D eigenvalue weighted by atomic mass is 16.3. The monoisotopic (exact) mass is 302 g/mol. The van der Waals surface area contributed by atoms with Crippen molar-refractivity contribution in [2.24, 2.45) is 28.1 Å². The van der Waals surface area contributed by atoms with Crippen molar-refractivity contribution < 1.29 is 9.90 Å². The molecule has 122 valence electrons. The van der Waals surface area contributed by atoms with Gasteiger partial charge in [0.25, 0.3) is 0 Å². The molecule has 22 heavy (non-hydrogen) atoms. The van der Waals surface area contributed by atoms with Gasteiger partial charge in [-0.2, -0.15) is 0 Å². The molecule has 4 fully saturated rings. The van der Waals surface area contributed by atoms with E-state index in [2.05, 4.69) is 20.4 Å². The Bertz CT molecular complexity index is 540. The maximum atomic E-state index is 11.8. The Kier molecular flexibility index (Phi) is 2.89. The molecule has 4 rings (SSSR count). The minimum Gasteiger partial charge on any atom is -0.386 e. The van der Waals surface area contributed by atoms with Crippen molar-refractivity contribution in [1.82, 2.24) is 0 Å². The van der Waals surface area contributed by atoms with Gasteiger partial charge in [-0.3, -0.25) is 0 Å². The van der Waals surface area contributed by atoms with Gasteiger partial charge in [0.2, 0.25) is 0 Å². The Morgan fingerprint density at radius 1 is 1.14 bits per heavy atom. The average Bonchev–Trinajstić information content (AvgIpc) is 2.64. The zero-order chi connectivity index (χ0) is 15.8. The van der Waals surface area contributed by atoms with Crippen LogP contribution in [0, 0.1) is 28.1 Å². The Hall–Kier alpha value is -0.630. The smallest absolute Gasteiger partial charge is 0.126 e. The lowest BCUT2D eigenvalue weighted by Gasteiger charge is -2.63. The molecule has 0 aliphatic heterocycles. The highest BCUT2D eigenvalue weighted by Crippen LogP contribution is 2.72. The maximum Gasteiger partial charge on any atom is 0.126 e. The molecule has 4 aliphatic carbocycles. The van der Waals surface area contributed by atoms with Gasteiger partial charge in [-0.25, -0.2) is 0 Å². The van der Waals surface area contributed by atoms with Crippen LogP contribution in [0.2, 0.25) is 0 Å². The minimum absolute atomic E-state index is 0.127. The van der Waals surface area contributed by atoms with E-state index in [1.54, 1.807) is 0 Å². The maximum absolute atomic E-state index is 11.8. The molecule has 0 amide bonds. The van der Waals surface area contributed by atoms with Crippen LogP contribution in [-0.4, -0.2) is 17.0 Å². The molecule has 0 saturated heterocycles. The summed E-state index contributed by atoms with van der Waals surface area (Å²) in [7, 11) is 0. The highest BCUT2D eigenvalue weighted by Gasteiger charge is 2.66. The molecule has 0 aromatic heterocycles. The van der Waals surface area contributed by atoms with E-state index < -0.39 is 5.60 Å². The van der Waals surface area contributed by atoms with Gasteiger partial charge in [0, 0.05) is 5.41 Å². The lowest BCUT2D eigenvalue weighted by molar-refractivity contribution is -0.166. The largest absolute Gasteiger partial charge is 0.386 e. The van der Waals surface area contributed by atoms with Gasteiger partial charge in [0.05, 0.1) is 5.60 Å². The zero-order valence-electron chi connectivity index (χ0n) is 14.2. The summed E-state index contributed by atoms with van der Waals surface area (Å²) < 4.78 is 0. The van der Waals surface area contributed by atoms with Crippen molar-refractivity contribution in [3.63, 3.8) is 0 Å². The topological polar surface area (TPSA) is 37.3 Å². The third-order valence-electron chi connectivity index (χ3n) is 8.47. The summed E-state index contributed by atoms with van der Waals surface area (Å²) in [5, 5.41) is 10.9. The standard InChI is InChI=1S/C20H30O2/c1-14-11-19-9-5-15-17(2,13-21)7-4-8-18(15,3)16(19)6-10-20(14,22)12-19/h13,15-16,22H,1,4-12H2,2-3H3/t15-,16+,17-,18+,19+,20-/m0/s1. The van der Waals surface area contributed by atoms with Crippen molar-refractivity contribution in [1.29, 1.82) is 0 Å². The fourth-order valence-corrected chi connectivity index (χ4v) is 7.54. The number of aliphatic hydroxyl groups is 1. The van der Waals surface area contributed by atoms with Crippen LogP contribution in [0.25, 0.3) is 0 Å². The first-order valence-corrected chi connectivity index (χ1v) is 9.15. The molecule has 2 heteroatoms. The molecule has 0 radical (unpaired) electrons. The highest BCUT2D eigenvalue weighted by molar-refractivity contribution is 5.60. The van der Waals surface area contributed by atoms with Gasteiger partial charge in [0.1, 0.15) is 6.29 Å². The lowest BCUT2D eigenvalue weighted by atomic mass is 9.41. The first-order chi connectivity index (χ1) is 10.3. The predicted octanol–water partition coefficient (Wildman–Crippen LogP) is 4.27. The van der Waals surface area contributed by atoms with E-state index in [0.717, 1.165) is 44.1 Å². The summed E-state index contributed by atoms with van der Waals surface area (Å²) in [5.41, 5.74) is 0.931. The SMILES string of the molecule is C=C1C[C@@]23CC[C@@H]4[C@@](C)(CCC[C@@]4(C)C=O)[C@H]2CC[C@]1(O)C3. The van der Waals surface area contributed by atoms with Crippen LogP contribution in [0.4, 0.5) is 0 Å². The second-order valence-corrected chi connectivity index (χ2v) is 9.52. The van der Waals surface area contributed by atoms with E-state index in [1.807, 2.05) is 0 Å². The van der Waals surface area contributed by atoms with E-state index in [4.69, 9.17) is 0 Å². The van der Waals surface area contributed by atoms with E-state index in [1.165, 1.54) is 25.5 Å². The van der Waals surface area contributed by atoms with E-state index in [0.29, 0.717) is 11.8 Å². The molecule has 2 nitrogen and oxygen atoms in total. The molecule has 0 aromatic carbocycles. The Balaban J connectivity index is 1.75. The summed E-state index contributed by atoms with van der Waals surface area (Å²) in [6.45, 7) is 8.89. The molecule has 4 saturated carbocycles. The molecular weight excluding hydrogens is 272 g/mol. The van der Waals surface area contributed by atoms with Crippen molar-refractivity contribution in [2.75, 3.05) is 0 Å². The lowest BCUT2D eigenvalue weighted by Crippen LogP contribution is -2.57. The average molecular weight is 302 g/mol. The third kappa shape index (κ3) is 1.63. The Morgan fingerprint density at radius 3 is 2.59 bits per heavy atom. The van der Waals surface area contributed by atoms with Crippen LogP contribution in [0.3, 0.4) is 0 Å². The van der Waals surface area contributed by atoms with Crippen LogP contribution < -0.4 is 0 Å². The van der Waals surface area contributed by atoms with E-state index in [9.17, 15) is 9.90 Å². The normalized spacial score (nSPS) is 57.1. The fraction of sp³-hybridized carbons (Fsp3) is 0.850. The number of carbonyl (C=O) groups excluding carboxylic acids is 1. The van der Waals surface area contributed by atoms with Crippen molar-refractivity contribution in [3.05, 3.63) is 12.2 Å². The number of hydrogen-bond donors (Lipinski definition) is 1. The van der Waals surface area contributed by atoms with Crippen LogP contribution in [0.1, 0.15) is 71.6 Å². The zero-order valence-corrected chi connectivity index (χ0v) is 14.2. The number of hydrogen-bond acceptors (Lipinski definition) is 2. The quantitative estimate of drug-likeness (QED) is 0.580. The van der Waals surface area contributed by atoms with Gasteiger partial charge in [-0.15, -0.1) is 0 Å². The van der Waals surface area contributed by atoms with Gasteiger partial charge in [-0.05, 0) is 79.6 Å². The number of fused-ring (bicyclic) bond motifs is 3. The molecule has 4 aliphatic rings. The summed E-state index contributed by atoms with van der Waals surface area (Å²) in [6, 6.07) is 0. The van der Waals surface area contributed by atoms with Gasteiger partial charge < -0.3 is 9.90 Å². The van der Waals surface area contributed by atoms with E-state index in [-0.39, 0.29) is 16.2 Å². The first kappa shape index (κ1) is 14.9. The van der Waals surface area contributed by atoms with E-state index >= 15 is 0 Å². The Labute approximate surface area is 134 Å². The number of rotatable bonds is 1. The third-order valence-corrected chi connectivity index (χ3v) is 8.47. The van der Waals surface area contributed by atoms with Crippen LogP contribution in [-0.2, 0) is 4.79 Å². The first-order valence-electron chi connectivity index (χ1n) is 9.15. The summed E-state index contributed by atoms with van der Waals surface area (Å²) >= 11 is 0. The predicted molar refractivity (Wildman–Crippen MR) is 87.3 cm³/mol. The molecule has 0 unspecified atom stereocenters. The second-order valence-electron chi connectivity index (χ2n) is 9.52. The molecule has 6 atom stereocenters. The summed E-state index contributed by atoms with van der Waals surface area (Å²) in [6.07, 6.45) is 11.1. The molecule has 0 heterocycles. The van der Waals surface area contributed by atoms with Crippen LogP contribution in [0.15, 0.2) is 12.2 Å². The van der Waals surface area contributed by atoms with Crippen LogP contribution in [0.5, 0.6) is 0 Å². The summed E-state index contributed by atoms with van der Waals surface area (Å²) in [4.78, 5) is 11.8. The number of aldehydes is 1.